The van der Waals surface area contributed by atoms with Gasteiger partial charge in [-0.3, -0.25) is 0 Å². The fourth-order valence-corrected chi connectivity index (χ4v) is 5.17. The number of hydrogen-bond donors (Lipinski definition) is 1. The predicted octanol–water partition coefficient (Wildman–Crippen LogP) is 5.28. The SMILES string of the molecule is CC1(C)OB(C(=Cc2cnn3cccnc23)CNC(=O)OCC2c3ccccc3-c3ccccc32)OC1(C)C. The third-order valence-electron chi connectivity index (χ3n) is 7.98. The van der Waals surface area contributed by atoms with Crippen molar-refractivity contribution < 1.29 is 18.8 Å². The van der Waals surface area contributed by atoms with Crippen molar-refractivity contribution in [1.29, 1.82) is 0 Å². The van der Waals surface area contributed by atoms with Gasteiger partial charge in [0.2, 0.25) is 0 Å². The zero-order valence-electron chi connectivity index (χ0n) is 22.5. The summed E-state index contributed by atoms with van der Waals surface area (Å²) in [4.78, 5) is 17.4. The van der Waals surface area contributed by atoms with E-state index in [0.717, 1.165) is 11.0 Å². The normalized spacial score (nSPS) is 17.7. The molecule has 9 heteroatoms. The van der Waals surface area contributed by atoms with E-state index in [0.29, 0.717) is 5.65 Å². The first-order chi connectivity index (χ1) is 18.7. The summed E-state index contributed by atoms with van der Waals surface area (Å²) in [5, 5.41) is 7.29. The van der Waals surface area contributed by atoms with Crippen LogP contribution in [-0.2, 0) is 14.0 Å². The van der Waals surface area contributed by atoms with Crippen molar-refractivity contribution in [3.63, 3.8) is 0 Å². The molecule has 4 aromatic rings. The molecular weight excluding hydrogens is 491 g/mol. The standard InChI is InChI=1S/C30H31BN4O4/c1-29(2)30(3,4)39-31(38-29)21(16-20-17-34-35-15-9-14-32-27(20)35)18-33-28(36)37-19-26-24-12-7-5-10-22(24)23-11-6-8-13-25(23)26/h5-17,26H,18-19H2,1-4H3,(H,33,36). The van der Waals surface area contributed by atoms with Crippen molar-refractivity contribution in [3.05, 3.63) is 95.4 Å². The van der Waals surface area contributed by atoms with Crippen molar-refractivity contribution in [1.82, 2.24) is 19.9 Å². The van der Waals surface area contributed by atoms with Crippen LogP contribution < -0.4 is 5.32 Å². The average molecular weight is 522 g/mol. The number of carbonyl (C=O) groups excluding carboxylic acids is 1. The molecule has 1 fully saturated rings. The molecule has 1 N–H and O–H groups in total. The lowest BCUT2D eigenvalue weighted by Gasteiger charge is -2.32. The van der Waals surface area contributed by atoms with Crippen molar-refractivity contribution in [3.8, 4) is 11.1 Å². The molecule has 2 aliphatic rings. The Hall–Kier alpha value is -3.95. The van der Waals surface area contributed by atoms with E-state index < -0.39 is 24.4 Å². The Morgan fingerprint density at radius 3 is 2.33 bits per heavy atom. The van der Waals surface area contributed by atoms with Gasteiger partial charge >= 0.3 is 13.2 Å². The summed E-state index contributed by atoms with van der Waals surface area (Å²) in [5.41, 5.74) is 5.91. The highest BCUT2D eigenvalue weighted by Crippen LogP contribution is 2.44. The van der Waals surface area contributed by atoms with Crippen molar-refractivity contribution >= 4 is 24.9 Å². The number of aromatic nitrogens is 3. The summed E-state index contributed by atoms with van der Waals surface area (Å²) in [6.45, 7) is 8.42. The Bertz CT molecular complexity index is 1520. The van der Waals surface area contributed by atoms with Gasteiger partial charge in [0.05, 0.1) is 17.4 Å². The van der Waals surface area contributed by atoms with Crippen LogP contribution in [0.3, 0.4) is 0 Å². The number of amides is 1. The number of carbonyl (C=O) groups is 1. The van der Waals surface area contributed by atoms with Crippen LogP contribution in [0.15, 0.2) is 78.7 Å². The lowest BCUT2D eigenvalue weighted by molar-refractivity contribution is 0.00578. The van der Waals surface area contributed by atoms with Gasteiger partial charge in [-0.2, -0.15) is 5.10 Å². The lowest BCUT2D eigenvalue weighted by Crippen LogP contribution is -2.41. The van der Waals surface area contributed by atoms with E-state index in [2.05, 4.69) is 39.7 Å². The van der Waals surface area contributed by atoms with E-state index in [1.807, 2.05) is 70.3 Å². The topological polar surface area (TPSA) is 87.0 Å². The maximum atomic E-state index is 12.9. The summed E-state index contributed by atoms with van der Waals surface area (Å²) in [5.74, 6) is -0.00823. The van der Waals surface area contributed by atoms with Gasteiger partial charge < -0.3 is 19.4 Å². The van der Waals surface area contributed by atoms with Crippen LogP contribution in [0.25, 0.3) is 22.9 Å². The van der Waals surface area contributed by atoms with Crippen LogP contribution in [-0.4, -0.2) is 52.2 Å². The molecule has 1 aliphatic carbocycles. The Kier molecular flexibility index (Phi) is 6.28. The number of hydrogen-bond acceptors (Lipinski definition) is 6. The molecule has 3 heterocycles. The van der Waals surface area contributed by atoms with E-state index in [-0.39, 0.29) is 19.1 Å². The molecule has 1 saturated heterocycles. The average Bonchev–Trinajstić information content (AvgIpc) is 3.54. The summed E-state index contributed by atoms with van der Waals surface area (Å²) in [7, 11) is -0.650. The quantitative estimate of drug-likeness (QED) is 0.347. The van der Waals surface area contributed by atoms with E-state index in [1.165, 1.54) is 22.3 Å². The molecule has 2 aromatic heterocycles. The van der Waals surface area contributed by atoms with E-state index >= 15 is 0 Å². The second kappa shape index (κ2) is 9.66. The van der Waals surface area contributed by atoms with E-state index in [1.54, 1.807) is 16.9 Å². The maximum Gasteiger partial charge on any atom is 0.492 e. The molecule has 1 amide bonds. The van der Waals surface area contributed by atoms with E-state index in [4.69, 9.17) is 14.0 Å². The third-order valence-corrected chi connectivity index (χ3v) is 7.98. The van der Waals surface area contributed by atoms with Crippen LogP contribution in [0.2, 0.25) is 0 Å². The monoisotopic (exact) mass is 522 g/mol. The van der Waals surface area contributed by atoms with E-state index in [9.17, 15) is 4.79 Å². The fraction of sp³-hybridized carbons (Fsp3) is 0.300. The largest absolute Gasteiger partial charge is 0.492 e. The molecule has 39 heavy (non-hydrogen) atoms. The van der Waals surface area contributed by atoms with Crippen molar-refractivity contribution in [2.45, 2.75) is 44.8 Å². The summed E-state index contributed by atoms with van der Waals surface area (Å²) in [6.07, 6.45) is 6.71. The molecule has 198 valence electrons. The van der Waals surface area contributed by atoms with Crippen LogP contribution in [0.5, 0.6) is 0 Å². The van der Waals surface area contributed by atoms with Gasteiger partial charge in [0.1, 0.15) is 6.61 Å². The van der Waals surface area contributed by atoms with Crippen LogP contribution >= 0.6 is 0 Å². The smallest absolute Gasteiger partial charge is 0.449 e. The van der Waals surface area contributed by atoms with Gasteiger partial charge in [0.25, 0.3) is 0 Å². The first-order valence-corrected chi connectivity index (χ1v) is 13.2. The molecule has 0 bridgehead atoms. The highest BCUT2D eigenvalue weighted by atomic mass is 16.7. The maximum absolute atomic E-state index is 12.9. The van der Waals surface area contributed by atoms with Gasteiger partial charge in [0.15, 0.2) is 5.65 Å². The zero-order chi connectivity index (χ0) is 27.2. The Morgan fingerprint density at radius 2 is 1.67 bits per heavy atom. The number of ether oxygens (including phenoxy) is 1. The molecule has 0 unspecified atom stereocenters. The number of alkyl carbamates (subject to hydrolysis) is 1. The number of rotatable bonds is 6. The Morgan fingerprint density at radius 1 is 1.03 bits per heavy atom. The number of nitrogens with zero attached hydrogens (tertiary/aromatic N) is 3. The summed E-state index contributed by atoms with van der Waals surface area (Å²) < 4.78 is 20.1. The Balaban J connectivity index is 1.19. The molecule has 0 atom stereocenters. The molecule has 8 nitrogen and oxygen atoms in total. The molecule has 2 aromatic carbocycles. The number of fused-ring (bicyclic) bond motifs is 4. The third kappa shape index (κ3) is 4.62. The Labute approximate surface area is 228 Å². The van der Waals surface area contributed by atoms with Crippen molar-refractivity contribution in [2.75, 3.05) is 13.2 Å². The second-order valence-electron chi connectivity index (χ2n) is 11.0. The fourth-order valence-electron chi connectivity index (χ4n) is 5.17. The molecule has 0 spiro atoms. The minimum Gasteiger partial charge on any atom is -0.449 e. The predicted molar refractivity (Wildman–Crippen MR) is 150 cm³/mol. The van der Waals surface area contributed by atoms with Crippen LogP contribution in [0.1, 0.15) is 50.3 Å². The van der Waals surface area contributed by atoms with Crippen molar-refractivity contribution in [2.24, 2.45) is 0 Å². The zero-order valence-corrected chi connectivity index (χ0v) is 22.5. The van der Waals surface area contributed by atoms with Gasteiger partial charge in [-0.15, -0.1) is 0 Å². The summed E-state index contributed by atoms with van der Waals surface area (Å²) >= 11 is 0. The van der Waals surface area contributed by atoms with Gasteiger partial charge in [-0.1, -0.05) is 54.6 Å². The summed E-state index contributed by atoms with van der Waals surface area (Å²) in [6, 6.07) is 18.4. The van der Waals surface area contributed by atoms with Crippen LogP contribution in [0, 0.1) is 0 Å². The number of benzene rings is 2. The molecular formula is C30H31BN4O4. The lowest BCUT2D eigenvalue weighted by atomic mass is 9.77. The van der Waals surface area contributed by atoms with Gasteiger partial charge in [0, 0.05) is 30.4 Å². The molecule has 0 radical (unpaired) electrons. The van der Waals surface area contributed by atoms with Gasteiger partial charge in [-0.25, -0.2) is 14.3 Å². The van der Waals surface area contributed by atoms with Crippen LogP contribution in [0.4, 0.5) is 4.79 Å². The highest BCUT2D eigenvalue weighted by Gasteiger charge is 2.52. The molecule has 0 saturated carbocycles. The first kappa shape index (κ1) is 25.3. The second-order valence-corrected chi connectivity index (χ2v) is 11.0. The van der Waals surface area contributed by atoms with Gasteiger partial charge in [-0.05, 0) is 61.5 Å². The number of nitrogens with one attached hydrogen (secondary N) is 1. The molecule has 6 rings (SSSR count). The highest BCUT2D eigenvalue weighted by molar-refractivity contribution is 6.56. The minimum absolute atomic E-state index is 0.00823. The first-order valence-electron chi connectivity index (χ1n) is 13.2. The minimum atomic E-state index is -0.650. The molecule has 1 aliphatic heterocycles.